The summed E-state index contributed by atoms with van der Waals surface area (Å²) in [6.07, 6.45) is 1.17. The van der Waals surface area contributed by atoms with Crippen LogP contribution >= 0.6 is 0 Å². The molecule has 1 aromatic heterocycles. The number of piperazine rings is 1. The van der Waals surface area contributed by atoms with Crippen molar-refractivity contribution in [2.45, 2.75) is 13.0 Å². The molecule has 2 heterocycles. The SMILES string of the molecule is CC(Oc1ccccc1)C(=O)N1CCN(c2cccnn2)CC1. The number of benzene rings is 1. The Morgan fingerprint density at radius 2 is 1.83 bits per heavy atom. The maximum atomic E-state index is 12.5. The maximum absolute atomic E-state index is 12.5. The van der Waals surface area contributed by atoms with Gasteiger partial charge in [-0.15, -0.1) is 5.10 Å². The number of hydrogen-bond acceptors (Lipinski definition) is 5. The van der Waals surface area contributed by atoms with E-state index < -0.39 is 6.10 Å². The summed E-state index contributed by atoms with van der Waals surface area (Å²) in [5.41, 5.74) is 0. The van der Waals surface area contributed by atoms with Gasteiger partial charge in [0.2, 0.25) is 0 Å². The predicted octanol–water partition coefficient (Wildman–Crippen LogP) is 1.59. The normalized spacial score (nSPS) is 16.0. The summed E-state index contributed by atoms with van der Waals surface area (Å²) in [5.74, 6) is 1.59. The highest BCUT2D eigenvalue weighted by atomic mass is 16.5. The fourth-order valence-corrected chi connectivity index (χ4v) is 2.63. The van der Waals surface area contributed by atoms with E-state index in [1.807, 2.05) is 47.4 Å². The molecule has 23 heavy (non-hydrogen) atoms. The summed E-state index contributed by atoms with van der Waals surface area (Å²) >= 11 is 0. The van der Waals surface area contributed by atoms with Crippen molar-refractivity contribution in [1.82, 2.24) is 15.1 Å². The monoisotopic (exact) mass is 312 g/mol. The van der Waals surface area contributed by atoms with Crippen LogP contribution in [0, 0.1) is 0 Å². The van der Waals surface area contributed by atoms with Gasteiger partial charge in [0.05, 0.1) is 0 Å². The Morgan fingerprint density at radius 3 is 2.48 bits per heavy atom. The molecule has 120 valence electrons. The molecule has 0 aliphatic carbocycles. The minimum absolute atomic E-state index is 0.0210. The third kappa shape index (κ3) is 3.77. The molecule has 1 saturated heterocycles. The Hall–Kier alpha value is -2.63. The largest absolute Gasteiger partial charge is 0.481 e. The van der Waals surface area contributed by atoms with Crippen LogP contribution in [0.15, 0.2) is 48.7 Å². The fourth-order valence-electron chi connectivity index (χ4n) is 2.63. The van der Waals surface area contributed by atoms with Gasteiger partial charge >= 0.3 is 0 Å². The summed E-state index contributed by atoms with van der Waals surface area (Å²) < 4.78 is 5.71. The molecular weight excluding hydrogens is 292 g/mol. The van der Waals surface area contributed by atoms with Gasteiger partial charge in [-0.3, -0.25) is 4.79 Å². The van der Waals surface area contributed by atoms with E-state index in [4.69, 9.17) is 4.74 Å². The molecule has 0 radical (unpaired) electrons. The first-order valence-corrected chi connectivity index (χ1v) is 7.77. The number of hydrogen-bond donors (Lipinski definition) is 0. The zero-order valence-corrected chi connectivity index (χ0v) is 13.1. The number of aromatic nitrogens is 2. The highest BCUT2D eigenvalue weighted by Gasteiger charge is 2.26. The van der Waals surface area contributed by atoms with Crippen LogP contribution in [0.4, 0.5) is 5.82 Å². The third-order valence-corrected chi connectivity index (χ3v) is 3.88. The molecule has 1 atom stereocenters. The van der Waals surface area contributed by atoms with Crippen molar-refractivity contribution in [1.29, 1.82) is 0 Å². The average Bonchev–Trinajstić information content (AvgIpc) is 2.63. The molecule has 1 aliphatic rings. The topological polar surface area (TPSA) is 58.6 Å². The van der Waals surface area contributed by atoms with Crippen LogP contribution in [0.5, 0.6) is 5.75 Å². The maximum Gasteiger partial charge on any atom is 0.263 e. The van der Waals surface area contributed by atoms with Gasteiger partial charge < -0.3 is 14.5 Å². The van der Waals surface area contributed by atoms with Gasteiger partial charge in [-0.1, -0.05) is 18.2 Å². The van der Waals surface area contributed by atoms with Gasteiger partial charge in [0, 0.05) is 32.4 Å². The Kier molecular flexibility index (Phi) is 4.71. The van der Waals surface area contributed by atoms with Crippen molar-refractivity contribution in [2.75, 3.05) is 31.1 Å². The number of amides is 1. The van der Waals surface area contributed by atoms with Crippen LogP contribution < -0.4 is 9.64 Å². The van der Waals surface area contributed by atoms with Gasteiger partial charge in [0.15, 0.2) is 11.9 Å². The van der Waals surface area contributed by atoms with Gasteiger partial charge in [0.25, 0.3) is 5.91 Å². The lowest BCUT2D eigenvalue weighted by Gasteiger charge is -2.36. The lowest BCUT2D eigenvalue weighted by molar-refractivity contribution is -0.138. The highest BCUT2D eigenvalue weighted by molar-refractivity contribution is 5.81. The van der Waals surface area contributed by atoms with E-state index in [2.05, 4.69) is 15.1 Å². The van der Waals surface area contributed by atoms with Crippen molar-refractivity contribution in [3.8, 4) is 5.75 Å². The molecular formula is C17H20N4O2. The summed E-state index contributed by atoms with van der Waals surface area (Å²) in [7, 11) is 0. The number of carbonyl (C=O) groups excluding carboxylic acids is 1. The quantitative estimate of drug-likeness (QED) is 0.858. The molecule has 0 spiro atoms. The molecule has 1 amide bonds. The van der Waals surface area contributed by atoms with Crippen molar-refractivity contribution < 1.29 is 9.53 Å². The van der Waals surface area contributed by atoms with E-state index in [0.717, 1.165) is 18.9 Å². The highest BCUT2D eigenvalue weighted by Crippen LogP contribution is 2.15. The molecule has 0 bridgehead atoms. The second kappa shape index (κ2) is 7.09. The van der Waals surface area contributed by atoms with Crippen LogP contribution in [0.3, 0.4) is 0 Å². The van der Waals surface area contributed by atoms with E-state index in [1.165, 1.54) is 0 Å². The van der Waals surface area contributed by atoms with E-state index in [-0.39, 0.29) is 5.91 Å². The zero-order valence-electron chi connectivity index (χ0n) is 13.1. The molecule has 1 unspecified atom stereocenters. The number of anilines is 1. The molecule has 2 aromatic rings. The smallest absolute Gasteiger partial charge is 0.263 e. The van der Waals surface area contributed by atoms with Gasteiger partial charge in [-0.2, -0.15) is 5.10 Å². The number of para-hydroxylation sites is 1. The molecule has 6 nitrogen and oxygen atoms in total. The minimum atomic E-state index is -0.486. The van der Waals surface area contributed by atoms with Crippen LogP contribution in [0.2, 0.25) is 0 Å². The molecule has 1 aliphatic heterocycles. The molecule has 3 rings (SSSR count). The van der Waals surface area contributed by atoms with Gasteiger partial charge in [-0.25, -0.2) is 0 Å². The Labute approximate surface area is 135 Å². The number of ether oxygens (including phenoxy) is 1. The van der Waals surface area contributed by atoms with E-state index in [1.54, 1.807) is 13.1 Å². The first-order valence-electron chi connectivity index (χ1n) is 7.77. The Balaban J connectivity index is 1.54. The molecule has 1 fully saturated rings. The van der Waals surface area contributed by atoms with E-state index in [9.17, 15) is 4.79 Å². The standard InChI is InChI=1S/C17H20N4O2/c1-14(23-15-6-3-2-4-7-15)17(22)21-12-10-20(11-13-21)16-8-5-9-18-19-16/h2-9,14H,10-13H2,1H3. The van der Waals surface area contributed by atoms with Crippen LogP contribution in [-0.4, -0.2) is 53.3 Å². The summed E-state index contributed by atoms with van der Waals surface area (Å²) in [6.45, 7) is 4.63. The average molecular weight is 312 g/mol. The number of rotatable bonds is 4. The van der Waals surface area contributed by atoms with Gasteiger partial charge in [0.1, 0.15) is 5.75 Å². The van der Waals surface area contributed by atoms with Crippen molar-refractivity contribution in [3.63, 3.8) is 0 Å². The predicted molar refractivity (Wildman–Crippen MR) is 87.4 cm³/mol. The first kappa shape index (κ1) is 15.3. The summed E-state index contributed by atoms with van der Waals surface area (Å²) in [4.78, 5) is 16.5. The van der Waals surface area contributed by atoms with Crippen molar-refractivity contribution >= 4 is 11.7 Å². The van der Waals surface area contributed by atoms with Gasteiger partial charge in [-0.05, 0) is 31.2 Å². The van der Waals surface area contributed by atoms with Crippen molar-refractivity contribution in [2.24, 2.45) is 0 Å². The fraction of sp³-hybridized carbons (Fsp3) is 0.353. The molecule has 6 heteroatoms. The molecule has 0 N–H and O–H groups in total. The Morgan fingerprint density at radius 1 is 1.09 bits per heavy atom. The third-order valence-electron chi connectivity index (χ3n) is 3.88. The first-order chi connectivity index (χ1) is 11.2. The molecule has 1 aromatic carbocycles. The van der Waals surface area contributed by atoms with Crippen LogP contribution in [-0.2, 0) is 4.79 Å². The Bertz CT molecular complexity index is 628. The lowest BCUT2D eigenvalue weighted by Crippen LogP contribution is -2.52. The molecule has 0 saturated carbocycles. The zero-order chi connectivity index (χ0) is 16.1. The number of nitrogens with zero attached hydrogens (tertiary/aromatic N) is 4. The second-order valence-electron chi connectivity index (χ2n) is 5.47. The lowest BCUT2D eigenvalue weighted by atomic mass is 10.2. The summed E-state index contributed by atoms with van der Waals surface area (Å²) in [6, 6.07) is 13.2. The van der Waals surface area contributed by atoms with Crippen LogP contribution in [0.1, 0.15) is 6.92 Å². The van der Waals surface area contributed by atoms with E-state index >= 15 is 0 Å². The van der Waals surface area contributed by atoms with Crippen molar-refractivity contribution in [3.05, 3.63) is 48.7 Å². The van der Waals surface area contributed by atoms with Crippen LogP contribution in [0.25, 0.3) is 0 Å². The van der Waals surface area contributed by atoms with E-state index in [0.29, 0.717) is 18.8 Å². The summed E-state index contributed by atoms with van der Waals surface area (Å²) in [5, 5.41) is 8.01. The minimum Gasteiger partial charge on any atom is -0.481 e. The second-order valence-corrected chi connectivity index (χ2v) is 5.47. The number of carbonyl (C=O) groups is 1.